The largest absolute Gasteiger partial charge is 0.379 e. The number of rotatable bonds is 4. The highest BCUT2D eigenvalue weighted by atomic mass is 35.5. The molecule has 2 nitrogen and oxygen atoms in total. The molecule has 98 valence electrons. The highest BCUT2D eigenvalue weighted by molar-refractivity contribution is 6.29. The molecule has 0 atom stereocenters. The summed E-state index contributed by atoms with van der Waals surface area (Å²) >= 11 is 5.87. The van der Waals surface area contributed by atoms with Gasteiger partial charge in [-0.15, -0.1) is 0 Å². The quantitative estimate of drug-likeness (QED) is 0.827. The number of anilines is 1. The van der Waals surface area contributed by atoms with Crippen LogP contribution in [-0.2, 0) is 6.54 Å². The van der Waals surface area contributed by atoms with Crippen LogP contribution in [0.25, 0.3) is 0 Å². The average Bonchev–Trinajstić information content (AvgIpc) is 3.22. The Labute approximate surface area is 118 Å². The Morgan fingerprint density at radius 3 is 2.74 bits per heavy atom. The Hall–Kier alpha value is -1.54. The van der Waals surface area contributed by atoms with E-state index in [2.05, 4.69) is 34.6 Å². The molecule has 3 rings (SSSR count). The fraction of sp³-hybridized carbons (Fsp3) is 0.312. The van der Waals surface area contributed by atoms with E-state index in [0.29, 0.717) is 5.15 Å². The van der Waals surface area contributed by atoms with Crippen molar-refractivity contribution < 1.29 is 0 Å². The highest BCUT2D eigenvalue weighted by Crippen LogP contribution is 2.41. The van der Waals surface area contributed by atoms with Gasteiger partial charge in [0.15, 0.2) is 0 Å². The summed E-state index contributed by atoms with van der Waals surface area (Å²) in [4.78, 5) is 4.26. The Balaban J connectivity index is 1.75. The third-order valence-electron chi connectivity index (χ3n) is 3.59. The molecule has 1 N–H and O–H groups in total. The molecule has 1 aliphatic rings. The topological polar surface area (TPSA) is 24.9 Å². The Bertz CT molecular complexity index is 591. The number of hydrogen-bond donors (Lipinski definition) is 1. The van der Waals surface area contributed by atoms with E-state index >= 15 is 0 Å². The van der Waals surface area contributed by atoms with Gasteiger partial charge in [0, 0.05) is 6.54 Å². The molecule has 0 aliphatic heterocycles. The van der Waals surface area contributed by atoms with Crippen molar-refractivity contribution >= 4 is 17.3 Å². The Morgan fingerprint density at radius 2 is 2.00 bits per heavy atom. The van der Waals surface area contributed by atoms with Gasteiger partial charge in [0.1, 0.15) is 5.15 Å². The molecule has 1 aliphatic carbocycles. The lowest BCUT2D eigenvalue weighted by Crippen LogP contribution is -2.04. The number of halogens is 1. The van der Waals surface area contributed by atoms with E-state index in [4.69, 9.17) is 11.6 Å². The van der Waals surface area contributed by atoms with Gasteiger partial charge in [-0.25, -0.2) is 4.98 Å². The summed E-state index contributed by atoms with van der Waals surface area (Å²) < 4.78 is 0. The van der Waals surface area contributed by atoms with Crippen LogP contribution in [0.5, 0.6) is 0 Å². The maximum atomic E-state index is 5.87. The number of nitrogens with one attached hydrogen (secondary N) is 1. The van der Waals surface area contributed by atoms with Gasteiger partial charge in [0.2, 0.25) is 0 Å². The molecular formula is C16H17ClN2. The van der Waals surface area contributed by atoms with Crippen molar-refractivity contribution in [2.45, 2.75) is 32.2 Å². The van der Waals surface area contributed by atoms with E-state index in [1.807, 2.05) is 19.1 Å². The molecule has 1 aromatic heterocycles. The fourth-order valence-electron chi connectivity index (χ4n) is 2.40. The Kier molecular flexibility index (Phi) is 3.43. The van der Waals surface area contributed by atoms with Gasteiger partial charge >= 0.3 is 0 Å². The first-order chi connectivity index (χ1) is 9.24. The first-order valence-electron chi connectivity index (χ1n) is 6.69. The van der Waals surface area contributed by atoms with Crippen LogP contribution in [0, 0.1) is 6.92 Å². The second-order valence-corrected chi connectivity index (χ2v) is 5.48. The number of nitrogens with zero attached hydrogens (tertiary/aromatic N) is 1. The van der Waals surface area contributed by atoms with Gasteiger partial charge in [-0.05, 0) is 48.9 Å². The minimum absolute atomic E-state index is 0.543. The Morgan fingerprint density at radius 1 is 1.21 bits per heavy atom. The zero-order valence-electron chi connectivity index (χ0n) is 11.0. The van der Waals surface area contributed by atoms with E-state index < -0.39 is 0 Å². The maximum absolute atomic E-state index is 5.87. The molecule has 1 aromatic carbocycles. The van der Waals surface area contributed by atoms with Gasteiger partial charge in [0.05, 0.1) is 11.4 Å². The molecule has 2 aromatic rings. The van der Waals surface area contributed by atoms with E-state index in [-0.39, 0.29) is 0 Å². The minimum Gasteiger partial charge on any atom is -0.379 e. The van der Waals surface area contributed by atoms with E-state index in [1.54, 1.807) is 0 Å². The molecule has 1 fully saturated rings. The van der Waals surface area contributed by atoms with Crippen LogP contribution in [0.3, 0.4) is 0 Å². The third kappa shape index (κ3) is 2.90. The molecule has 0 bridgehead atoms. The zero-order valence-corrected chi connectivity index (χ0v) is 11.7. The number of aromatic nitrogens is 1. The summed E-state index contributed by atoms with van der Waals surface area (Å²) in [6, 6.07) is 12.5. The number of benzene rings is 1. The van der Waals surface area contributed by atoms with Crippen LogP contribution in [0.2, 0.25) is 5.15 Å². The molecule has 0 unspecified atom stereocenters. The van der Waals surface area contributed by atoms with Crippen LogP contribution in [-0.4, -0.2) is 4.98 Å². The number of hydrogen-bond acceptors (Lipinski definition) is 2. The van der Waals surface area contributed by atoms with Crippen LogP contribution < -0.4 is 5.32 Å². The summed E-state index contributed by atoms with van der Waals surface area (Å²) in [6.45, 7) is 2.82. The van der Waals surface area contributed by atoms with Crippen molar-refractivity contribution in [3.63, 3.8) is 0 Å². The monoisotopic (exact) mass is 272 g/mol. The predicted molar refractivity (Wildman–Crippen MR) is 79.7 cm³/mol. The molecule has 0 spiro atoms. The number of pyridine rings is 1. The van der Waals surface area contributed by atoms with Crippen molar-refractivity contribution in [2.24, 2.45) is 0 Å². The minimum atomic E-state index is 0.543. The molecule has 0 radical (unpaired) electrons. The summed E-state index contributed by atoms with van der Waals surface area (Å²) in [6.07, 6.45) is 2.66. The van der Waals surface area contributed by atoms with E-state index in [9.17, 15) is 0 Å². The first-order valence-corrected chi connectivity index (χ1v) is 7.06. The predicted octanol–water partition coefficient (Wildman–Crippen LogP) is 4.53. The highest BCUT2D eigenvalue weighted by Gasteiger charge is 2.25. The van der Waals surface area contributed by atoms with Crippen LogP contribution in [0.4, 0.5) is 5.69 Å². The van der Waals surface area contributed by atoms with Crippen LogP contribution in [0.15, 0.2) is 36.4 Å². The zero-order chi connectivity index (χ0) is 13.2. The number of aryl methyl sites for hydroxylation is 1. The smallest absolute Gasteiger partial charge is 0.129 e. The lowest BCUT2D eigenvalue weighted by molar-refractivity contribution is 1.03. The van der Waals surface area contributed by atoms with Gasteiger partial charge < -0.3 is 5.32 Å². The molecular weight excluding hydrogens is 256 g/mol. The summed E-state index contributed by atoms with van der Waals surface area (Å²) in [5, 5.41) is 4.00. The van der Waals surface area contributed by atoms with Gasteiger partial charge in [-0.1, -0.05) is 35.9 Å². The normalized spacial score (nSPS) is 14.4. The lowest BCUT2D eigenvalue weighted by Gasteiger charge is -2.12. The van der Waals surface area contributed by atoms with E-state index in [1.165, 1.54) is 24.0 Å². The van der Waals surface area contributed by atoms with Crippen molar-refractivity contribution in [1.82, 2.24) is 4.98 Å². The van der Waals surface area contributed by atoms with Crippen molar-refractivity contribution in [3.8, 4) is 0 Å². The summed E-state index contributed by atoms with van der Waals surface area (Å²) in [5.74, 6) is 0.780. The lowest BCUT2D eigenvalue weighted by atomic mass is 10.0. The molecule has 0 saturated heterocycles. The second kappa shape index (κ2) is 5.22. The SMILES string of the molecule is Cc1nc(Cl)ccc1NCc1ccccc1C1CC1. The van der Waals surface area contributed by atoms with Crippen LogP contribution >= 0.6 is 11.6 Å². The molecule has 1 heterocycles. The summed E-state index contributed by atoms with van der Waals surface area (Å²) in [7, 11) is 0. The standard InChI is InChI=1S/C16H17ClN2/c1-11-15(8-9-16(17)19-11)18-10-13-4-2-3-5-14(13)12-6-7-12/h2-5,8-9,12,18H,6-7,10H2,1H3. The van der Waals surface area contributed by atoms with Crippen molar-refractivity contribution in [2.75, 3.05) is 5.32 Å². The average molecular weight is 273 g/mol. The molecule has 19 heavy (non-hydrogen) atoms. The first kappa shape index (κ1) is 12.5. The molecule has 0 amide bonds. The van der Waals surface area contributed by atoms with Crippen molar-refractivity contribution in [3.05, 3.63) is 58.4 Å². The fourth-order valence-corrected chi connectivity index (χ4v) is 2.59. The molecule has 1 saturated carbocycles. The van der Waals surface area contributed by atoms with Crippen LogP contribution in [0.1, 0.15) is 35.6 Å². The van der Waals surface area contributed by atoms with Crippen molar-refractivity contribution in [1.29, 1.82) is 0 Å². The van der Waals surface area contributed by atoms with Gasteiger partial charge in [-0.3, -0.25) is 0 Å². The summed E-state index contributed by atoms with van der Waals surface area (Å²) in [5.41, 5.74) is 4.88. The maximum Gasteiger partial charge on any atom is 0.129 e. The second-order valence-electron chi connectivity index (χ2n) is 5.09. The van der Waals surface area contributed by atoms with Gasteiger partial charge in [-0.2, -0.15) is 0 Å². The van der Waals surface area contributed by atoms with E-state index in [0.717, 1.165) is 23.8 Å². The van der Waals surface area contributed by atoms with Gasteiger partial charge in [0.25, 0.3) is 0 Å². The third-order valence-corrected chi connectivity index (χ3v) is 3.80. The molecule has 3 heteroatoms.